The van der Waals surface area contributed by atoms with E-state index in [1.54, 1.807) is 0 Å². The van der Waals surface area contributed by atoms with Gasteiger partial charge >= 0.3 is 29.7 Å². The molecule has 0 aliphatic rings. The van der Waals surface area contributed by atoms with E-state index in [1.807, 2.05) is 0 Å². The minimum Gasteiger partial charge on any atom is -0.480 e. The van der Waals surface area contributed by atoms with Crippen LogP contribution < -0.4 is 0 Å². The molecule has 0 fully saturated rings. The molecule has 0 saturated carbocycles. The van der Waals surface area contributed by atoms with Gasteiger partial charge < -0.3 is 19.7 Å². The van der Waals surface area contributed by atoms with Gasteiger partial charge in [-0.15, -0.1) is 0 Å². The number of aliphatic carboxylic acids is 2. The smallest absolute Gasteiger partial charge is 0.376 e. The number of carboxylic acid groups (broad SMARTS) is 2. The molecule has 12 heteroatoms. The van der Waals surface area contributed by atoms with Crippen molar-refractivity contribution in [2.45, 2.75) is 17.8 Å². The molecule has 2 N–H and O–H groups in total. The van der Waals surface area contributed by atoms with Crippen LogP contribution in [0.5, 0.6) is 0 Å². The van der Waals surface area contributed by atoms with Gasteiger partial charge in [0.05, 0.1) is 0 Å². The van der Waals surface area contributed by atoms with E-state index in [4.69, 9.17) is 10.2 Å². The molecule has 0 unspecified atom stereocenters. The fraction of sp³-hybridized carbons (Fsp3) is 0.778. The quantitative estimate of drug-likeness (QED) is 0.583. The molecule has 0 atom stereocenters. The third-order valence-electron chi connectivity index (χ3n) is 1.94. The normalized spacial score (nSPS) is 13.2. The van der Waals surface area contributed by atoms with Crippen molar-refractivity contribution in [1.82, 2.24) is 0 Å². The van der Waals surface area contributed by atoms with Gasteiger partial charge in [0, 0.05) is 0 Å². The van der Waals surface area contributed by atoms with Crippen LogP contribution in [0, 0.1) is 0 Å². The van der Waals surface area contributed by atoms with Gasteiger partial charge in [-0.25, -0.2) is 9.59 Å². The molecule has 0 aliphatic carbocycles. The van der Waals surface area contributed by atoms with Gasteiger partial charge in [-0.2, -0.15) is 26.3 Å². The molecule has 0 spiro atoms. The molecule has 6 nitrogen and oxygen atoms in total. The molecule has 0 aromatic rings. The second kappa shape index (κ2) is 6.93. The van der Waals surface area contributed by atoms with Crippen molar-refractivity contribution < 1.29 is 55.6 Å². The predicted octanol–water partition coefficient (Wildman–Crippen LogP) is 1.09. The zero-order chi connectivity index (χ0) is 16.9. The second-order valence-electron chi connectivity index (χ2n) is 3.76. The lowest BCUT2D eigenvalue weighted by Crippen LogP contribution is -2.58. The van der Waals surface area contributed by atoms with E-state index >= 15 is 0 Å². The highest BCUT2D eigenvalue weighted by molar-refractivity contribution is 5.68. The van der Waals surface area contributed by atoms with E-state index in [0.717, 1.165) is 0 Å². The first-order chi connectivity index (χ1) is 9.33. The average Bonchev–Trinajstić information content (AvgIpc) is 2.26. The summed E-state index contributed by atoms with van der Waals surface area (Å²) in [5.74, 6) is -20.2. The number of hydrogen-bond donors (Lipinski definition) is 2. The first-order valence-corrected chi connectivity index (χ1v) is 5.06. The summed E-state index contributed by atoms with van der Waals surface area (Å²) in [5, 5.41) is 16.1. The maximum atomic E-state index is 13.1. The Kier molecular flexibility index (Phi) is 6.42. The van der Waals surface area contributed by atoms with Crippen molar-refractivity contribution >= 4 is 11.9 Å². The molecule has 0 saturated heterocycles. The van der Waals surface area contributed by atoms with Crippen molar-refractivity contribution in [3.05, 3.63) is 0 Å². The molecule has 0 aromatic carbocycles. The van der Waals surface area contributed by atoms with Crippen LogP contribution in [0.3, 0.4) is 0 Å². The van der Waals surface area contributed by atoms with Crippen LogP contribution in [-0.2, 0) is 19.1 Å². The van der Waals surface area contributed by atoms with E-state index in [2.05, 4.69) is 9.47 Å². The SMILES string of the molecule is O=C(O)COCC(F)(F)C(F)(F)C(F)(F)COCC(=O)O. The number of halogens is 6. The van der Waals surface area contributed by atoms with Crippen LogP contribution >= 0.6 is 0 Å². The summed E-state index contributed by atoms with van der Waals surface area (Å²) in [6.45, 7) is -7.29. The van der Waals surface area contributed by atoms with E-state index in [9.17, 15) is 35.9 Å². The lowest BCUT2D eigenvalue weighted by atomic mass is 10.1. The number of rotatable bonds is 10. The topological polar surface area (TPSA) is 93.1 Å². The fourth-order valence-electron chi connectivity index (χ4n) is 0.982. The maximum Gasteiger partial charge on any atom is 0.376 e. The summed E-state index contributed by atoms with van der Waals surface area (Å²) in [6.07, 6.45) is 0. The highest BCUT2D eigenvalue weighted by atomic mass is 19.3. The van der Waals surface area contributed by atoms with Gasteiger partial charge in [-0.1, -0.05) is 0 Å². The van der Waals surface area contributed by atoms with E-state index in [1.165, 1.54) is 0 Å². The number of hydrogen-bond acceptors (Lipinski definition) is 4. The summed E-state index contributed by atoms with van der Waals surface area (Å²) in [5.41, 5.74) is 0. The molecule has 0 amide bonds. The largest absolute Gasteiger partial charge is 0.480 e. The Morgan fingerprint density at radius 2 is 1.05 bits per heavy atom. The number of carbonyl (C=O) groups is 2. The van der Waals surface area contributed by atoms with E-state index < -0.39 is 56.1 Å². The highest BCUT2D eigenvalue weighted by Gasteiger charge is 2.71. The van der Waals surface area contributed by atoms with Crippen molar-refractivity contribution in [3.63, 3.8) is 0 Å². The van der Waals surface area contributed by atoms with Gasteiger partial charge in [0.1, 0.15) is 26.4 Å². The summed E-state index contributed by atoms with van der Waals surface area (Å²) in [6, 6.07) is 0. The van der Waals surface area contributed by atoms with Gasteiger partial charge in [0.2, 0.25) is 0 Å². The van der Waals surface area contributed by atoms with E-state index in [0.29, 0.717) is 0 Å². The van der Waals surface area contributed by atoms with Crippen molar-refractivity contribution in [2.24, 2.45) is 0 Å². The third-order valence-corrected chi connectivity index (χ3v) is 1.94. The minimum atomic E-state index is -5.93. The van der Waals surface area contributed by atoms with E-state index in [-0.39, 0.29) is 0 Å². The summed E-state index contributed by atoms with van der Waals surface area (Å²) >= 11 is 0. The van der Waals surface area contributed by atoms with Crippen molar-refractivity contribution in [2.75, 3.05) is 26.4 Å². The lowest BCUT2D eigenvalue weighted by molar-refractivity contribution is -0.328. The molecule has 21 heavy (non-hydrogen) atoms. The molecule has 0 radical (unpaired) electrons. The predicted molar refractivity (Wildman–Crippen MR) is 51.8 cm³/mol. The highest BCUT2D eigenvalue weighted by Crippen LogP contribution is 2.45. The third kappa shape index (κ3) is 5.38. The Bertz CT molecular complexity index is 351. The Morgan fingerprint density at radius 1 is 0.762 bits per heavy atom. The first-order valence-electron chi connectivity index (χ1n) is 5.06. The minimum absolute atomic E-state index is 1.38. The van der Waals surface area contributed by atoms with Crippen molar-refractivity contribution in [1.29, 1.82) is 0 Å². The number of alkyl halides is 6. The van der Waals surface area contributed by atoms with Gasteiger partial charge in [-0.05, 0) is 0 Å². The van der Waals surface area contributed by atoms with Gasteiger partial charge in [0.15, 0.2) is 0 Å². The van der Waals surface area contributed by atoms with Crippen LogP contribution in [0.4, 0.5) is 26.3 Å². The number of carboxylic acids is 2. The summed E-state index contributed by atoms with van der Waals surface area (Å²) < 4.78 is 85.6. The second-order valence-corrected chi connectivity index (χ2v) is 3.76. The molecule has 0 bridgehead atoms. The molecule has 0 rings (SSSR count). The Balaban J connectivity index is 4.78. The Labute approximate surface area is 113 Å². The Hall–Kier alpha value is -1.56. The molecule has 0 heterocycles. The maximum absolute atomic E-state index is 13.1. The standard InChI is InChI=1S/C9H10F6O6/c10-7(11,3-20-1-5(16)17)9(14,15)8(12,13)4-21-2-6(18)19/h1-4H2,(H,16,17)(H,18,19). The van der Waals surface area contributed by atoms with Crippen LogP contribution in [0.15, 0.2) is 0 Å². The van der Waals surface area contributed by atoms with Crippen molar-refractivity contribution in [3.8, 4) is 0 Å². The van der Waals surface area contributed by atoms with Gasteiger partial charge in [-0.3, -0.25) is 0 Å². The van der Waals surface area contributed by atoms with Crippen LogP contribution in [0.25, 0.3) is 0 Å². The molecule has 124 valence electrons. The Morgan fingerprint density at radius 3 is 1.29 bits per heavy atom. The lowest BCUT2D eigenvalue weighted by Gasteiger charge is -2.32. The average molecular weight is 328 g/mol. The molecular weight excluding hydrogens is 318 g/mol. The van der Waals surface area contributed by atoms with Crippen LogP contribution in [0.2, 0.25) is 0 Å². The first kappa shape index (κ1) is 19.4. The zero-order valence-corrected chi connectivity index (χ0v) is 10.1. The molecular formula is C9H10F6O6. The summed E-state index contributed by atoms with van der Waals surface area (Å²) in [4.78, 5) is 19.9. The van der Waals surface area contributed by atoms with Gasteiger partial charge in [0.25, 0.3) is 0 Å². The number of ether oxygens (including phenoxy) is 2. The van der Waals surface area contributed by atoms with Crippen LogP contribution in [0.1, 0.15) is 0 Å². The molecule has 0 aromatic heterocycles. The monoisotopic (exact) mass is 328 g/mol. The zero-order valence-electron chi connectivity index (χ0n) is 10.1. The fourth-order valence-corrected chi connectivity index (χ4v) is 0.982. The molecule has 0 aliphatic heterocycles. The summed E-state index contributed by atoms with van der Waals surface area (Å²) in [7, 11) is 0. The van der Waals surface area contributed by atoms with Crippen LogP contribution in [-0.4, -0.2) is 66.3 Å².